The molecule has 3 heterocycles. The van der Waals surface area contributed by atoms with Crippen LogP contribution in [0.4, 0.5) is 14.6 Å². The Kier molecular flexibility index (Phi) is 5.07. The number of rotatable bonds is 4. The second kappa shape index (κ2) is 8.19. The van der Waals surface area contributed by atoms with E-state index >= 15 is 0 Å². The standard InChI is InChI=1S/C29H21F2N3O2/c1-14-10-25(32)34-15(2)22(14)13-33-29(35)17-7-9-19-21(12-17)28-20-11-16(6-8-18(20)27(19)36-28)26-23(30)4-3-5-24(26)31/h3-4,6-12,27-28H,13H2,1-2H3,(H2-,32,33,34,35)/p+1. The van der Waals surface area contributed by atoms with Gasteiger partial charge in [0, 0.05) is 23.4 Å². The number of nitrogens with two attached hydrogens (primary N) is 1. The average Bonchev–Trinajstić information content (AvgIpc) is 3.40. The summed E-state index contributed by atoms with van der Waals surface area (Å²) < 4.78 is 34.9. The molecular weight excluding hydrogens is 460 g/mol. The zero-order valence-corrected chi connectivity index (χ0v) is 19.7. The van der Waals surface area contributed by atoms with Crippen LogP contribution in [0, 0.1) is 19.9 Å². The molecule has 3 aliphatic rings. The van der Waals surface area contributed by atoms with E-state index in [-0.39, 0.29) is 17.6 Å². The lowest BCUT2D eigenvalue weighted by atomic mass is 9.83. The number of benzene rings is 2. The van der Waals surface area contributed by atoms with Crippen molar-refractivity contribution in [3.63, 3.8) is 0 Å². The molecule has 178 valence electrons. The van der Waals surface area contributed by atoms with Crippen molar-refractivity contribution in [1.82, 2.24) is 10.3 Å². The Hall–Kier alpha value is -4.19. The molecule has 1 amide bonds. The van der Waals surface area contributed by atoms with Gasteiger partial charge in [-0.3, -0.25) is 4.79 Å². The third kappa shape index (κ3) is 3.44. The number of halogens is 2. The number of hydrogen-bond donors (Lipinski definition) is 2. The summed E-state index contributed by atoms with van der Waals surface area (Å²) in [6.07, 6.45) is 4.16. The monoisotopic (exact) mass is 482 g/mol. The minimum Gasteiger partial charge on any atom is -0.384 e. The van der Waals surface area contributed by atoms with Crippen LogP contribution in [0.25, 0.3) is 5.57 Å². The van der Waals surface area contributed by atoms with E-state index in [1.807, 2.05) is 32.0 Å². The summed E-state index contributed by atoms with van der Waals surface area (Å²) in [6, 6.07) is 12.7. The van der Waals surface area contributed by atoms with Crippen LogP contribution >= 0.6 is 0 Å². The summed E-state index contributed by atoms with van der Waals surface area (Å²) in [5.41, 5.74) is 13.0. The second-order valence-corrected chi connectivity index (χ2v) is 9.21. The van der Waals surface area contributed by atoms with E-state index in [0.717, 1.165) is 39.1 Å². The Morgan fingerprint density at radius 3 is 2.53 bits per heavy atom. The third-order valence-corrected chi connectivity index (χ3v) is 7.02. The highest BCUT2D eigenvalue weighted by Crippen LogP contribution is 2.55. The quantitative estimate of drug-likeness (QED) is 0.472. The molecular formula is C29H22F2N3O2+. The highest BCUT2D eigenvalue weighted by molar-refractivity contribution is 5.94. The maximum Gasteiger partial charge on any atom is 0.296 e. The fraction of sp³-hybridized carbons (Fsp3) is 0.172. The molecule has 0 saturated heterocycles. The molecule has 3 N–H and O–H groups in total. The summed E-state index contributed by atoms with van der Waals surface area (Å²) in [7, 11) is 0. The molecule has 0 saturated carbocycles. The van der Waals surface area contributed by atoms with Gasteiger partial charge in [-0.15, -0.1) is 0 Å². The Morgan fingerprint density at radius 1 is 1.06 bits per heavy atom. The van der Waals surface area contributed by atoms with Crippen molar-refractivity contribution in [3.05, 3.63) is 123 Å². The van der Waals surface area contributed by atoms with Gasteiger partial charge in [-0.25, -0.2) is 4.98 Å². The van der Waals surface area contributed by atoms with E-state index in [9.17, 15) is 13.6 Å². The van der Waals surface area contributed by atoms with Gasteiger partial charge >= 0.3 is 0 Å². The molecule has 1 aromatic heterocycles. The van der Waals surface area contributed by atoms with Crippen molar-refractivity contribution in [2.45, 2.75) is 32.6 Å². The molecule has 0 radical (unpaired) electrons. The van der Waals surface area contributed by atoms with Gasteiger partial charge in [0.1, 0.15) is 24.1 Å². The number of nitrogen functional groups attached to an aromatic ring is 1. The highest BCUT2D eigenvalue weighted by Gasteiger charge is 2.43. The van der Waals surface area contributed by atoms with Crippen LogP contribution in [0.3, 0.4) is 0 Å². The van der Waals surface area contributed by atoms with E-state index in [1.165, 1.54) is 12.2 Å². The first-order valence-electron chi connectivity index (χ1n) is 11.6. The van der Waals surface area contributed by atoms with Crippen LogP contribution in [0.15, 0.2) is 66.3 Å². The first kappa shape index (κ1) is 22.3. The van der Waals surface area contributed by atoms with Crippen LogP contribution in [-0.2, 0) is 11.3 Å². The van der Waals surface area contributed by atoms with E-state index in [4.69, 9.17) is 10.5 Å². The number of fused-ring (bicyclic) bond motifs is 8. The molecule has 5 nitrogen and oxygen atoms in total. The Morgan fingerprint density at radius 2 is 1.78 bits per heavy atom. The van der Waals surface area contributed by atoms with E-state index in [0.29, 0.717) is 23.5 Å². The zero-order chi connectivity index (χ0) is 25.1. The third-order valence-electron chi connectivity index (χ3n) is 7.02. The number of amides is 1. The SMILES string of the molecule is Cc1cc(N)nc(C)c1CNC(=O)c1ccc2c(c1)C1OC2c2ccc(C3=C(F)C=C[C+]=C3F)cc21. The number of aromatic nitrogens is 1. The predicted molar refractivity (Wildman–Crippen MR) is 132 cm³/mol. The van der Waals surface area contributed by atoms with Crippen molar-refractivity contribution < 1.29 is 18.3 Å². The number of aryl methyl sites for hydroxylation is 2. The maximum absolute atomic E-state index is 14.4. The number of allylic oxidation sites excluding steroid dienone is 6. The van der Waals surface area contributed by atoms with Gasteiger partial charge in [0.25, 0.3) is 11.7 Å². The molecule has 2 bridgehead atoms. The maximum atomic E-state index is 14.4. The number of nitrogens with zero attached hydrogens (tertiary/aromatic N) is 1. The van der Waals surface area contributed by atoms with Crippen LogP contribution in [0.1, 0.15) is 67.2 Å². The van der Waals surface area contributed by atoms with Crippen molar-refractivity contribution in [2.75, 3.05) is 5.73 Å². The van der Waals surface area contributed by atoms with E-state index in [1.54, 1.807) is 24.3 Å². The Balaban J connectivity index is 1.27. The minimum atomic E-state index is -0.736. The Bertz CT molecular complexity index is 1530. The minimum absolute atomic E-state index is 0.112. The summed E-state index contributed by atoms with van der Waals surface area (Å²) >= 11 is 0. The van der Waals surface area contributed by atoms with Crippen molar-refractivity contribution in [2.24, 2.45) is 0 Å². The van der Waals surface area contributed by atoms with Gasteiger partial charge in [-0.05, 0) is 77.6 Å². The highest BCUT2D eigenvalue weighted by atomic mass is 19.1. The van der Waals surface area contributed by atoms with E-state index in [2.05, 4.69) is 16.4 Å². The molecule has 6 rings (SSSR count). The average molecular weight is 483 g/mol. The van der Waals surface area contributed by atoms with Gasteiger partial charge in [0.05, 0.1) is 12.2 Å². The molecule has 2 aromatic carbocycles. The first-order chi connectivity index (χ1) is 17.3. The molecule has 3 aromatic rings. The number of ether oxygens (including phenoxy) is 1. The molecule has 0 spiro atoms. The molecule has 7 heteroatoms. The lowest BCUT2D eigenvalue weighted by Crippen LogP contribution is -2.24. The number of hydrogen-bond acceptors (Lipinski definition) is 4. The van der Waals surface area contributed by atoms with Crippen LogP contribution in [-0.4, -0.2) is 10.9 Å². The predicted octanol–water partition coefficient (Wildman–Crippen LogP) is 5.64. The smallest absolute Gasteiger partial charge is 0.296 e. The van der Waals surface area contributed by atoms with Gasteiger partial charge in [-0.1, -0.05) is 12.1 Å². The normalized spacial score (nSPS) is 19.1. The Labute approximate surface area is 207 Å². The summed E-state index contributed by atoms with van der Waals surface area (Å²) in [5, 5.41) is 2.97. The lowest BCUT2D eigenvalue weighted by molar-refractivity contribution is 0.0857. The van der Waals surface area contributed by atoms with Crippen molar-refractivity contribution in [3.8, 4) is 0 Å². The summed E-state index contributed by atoms with van der Waals surface area (Å²) in [6.45, 7) is 4.14. The van der Waals surface area contributed by atoms with Gasteiger partial charge in [-0.2, -0.15) is 8.78 Å². The molecule has 0 fully saturated rings. The van der Waals surface area contributed by atoms with Crippen LogP contribution in [0.2, 0.25) is 0 Å². The molecule has 36 heavy (non-hydrogen) atoms. The fourth-order valence-corrected chi connectivity index (χ4v) is 5.28. The fourth-order valence-electron chi connectivity index (χ4n) is 5.28. The van der Waals surface area contributed by atoms with Crippen molar-refractivity contribution in [1.29, 1.82) is 0 Å². The summed E-state index contributed by atoms with van der Waals surface area (Å²) in [4.78, 5) is 17.3. The number of pyridine rings is 1. The number of nitrogens with one attached hydrogen (secondary N) is 1. The van der Waals surface area contributed by atoms with Crippen LogP contribution < -0.4 is 11.1 Å². The zero-order valence-electron chi connectivity index (χ0n) is 19.7. The van der Waals surface area contributed by atoms with Gasteiger partial charge < -0.3 is 15.8 Å². The first-order valence-corrected chi connectivity index (χ1v) is 11.6. The van der Waals surface area contributed by atoms with Crippen molar-refractivity contribution >= 4 is 17.3 Å². The number of anilines is 1. The number of carbonyl (C=O) groups excluding carboxylic acids is 1. The second-order valence-electron chi connectivity index (χ2n) is 9.21. The van der Waals surface area contributed by atoms with E-state index < -0.39 is 17.8 Å². The molecule has 1 aliphatic carbocycles. The topological polar surface area (TPSA) is 77.2 Å². The largest absolute Gasteiger partial charge is 0.384 e. The molecule has 2 unspecified atom stereocenters. The summed E-state index contributed by atoms with van der Waals surface area (Å²) in [5.74, 6) is -1.14. The van der Waals surface area contributed by atoms with Gasteiger partial charge in [0.15, 0.2) is 5.57 Å². The molecule has 2 atom stereocenters. The number of carbonyl (C=O) groups is 1. The van der Waals surface area contributed by atoms with Gasteiger partial charge in [0.2, 0.25) is 5.83 Å². The molecule has 2 aliphatic heterocycles. The van der Waals surface area contributed by atoms with Crippen LogP contribution in [0.5, 0.6) is 0 Å². The lowest BCUT2D eigenvalue weighted by Gasteiger charge is -2.17.